The Morgan fingerprint density at radius 2 is 0.970 bits per heavy atom. The van der Waals surface area contributed by atoms with Gasteiger partial charge in [0.25, 0.3) is 0 Å². The highest BCUT2D eigenvalue weighted by atomic mass is 19.1. The minimum atomic E-state index is -0.747. The number of hydrogen-bond acceptors (Lipinski definition) is 14. The average Bonchev–Trinajstić information content (AvgIpc) is 3.86. The molecule has 0 saturated carbocycles. The van der Waals surface area contributed by atoms with Crippen LogP contribution in [0.3, 0.4) is 0 Å². The quantitative estimate of drug-likeness (QED) is 0.0610. The number of nitrogens with zero attached hydrogens (tertiary/aromatic N) is 2. The Morgan fingerprint density at radius 3 is 1.34 bits per heavy atom. The summed E-state index contributed by atoms with van der Waals surface area (Å²) in [7, 11) is 0. The molecule has 6 aromatic carbocycles. The number of carbonyl (C=O) groups excluding carboxylic acids is 2. The lowest BCUT2D eigenvalue weighted by Crippen LogP contribution is -2.08. The number of fused-ring (bicyclic) bond motifs is 2. The van der Waals surface area contributed by atoms with Gasteiger partial charge in [-0.15, -0.1) is 0 Å². The highest BCUT2D eigenvalue weighted by Gasteiger charge is 2.29. The molecule has 342 valence electrons. The molecule has 0 fully saturated rings. The molecule has 8 aromatic rings. The zero-order chi connectivity index (χ0) is 47.9. The molecule has 0 saturated heterocycles. The summed E-state index contributed by atoms with van der Waals surface area (Å²) in [6.07, 6.45) is -0.322. The lowest BCUT2D eigenvalue weighted by molar-refractivity contribution is -0.386. The maximum atomic E-state index is 13.1. The molecule has 0 aliphatic rings. The minimum absolute atomic E-state index is 0.0263. The molecule has 0 amide bonds. The van der Waals surface area contributed by atoms with Gasteiger partial charge < -0.3 is 37.6 Å². The number of hydrogen-bond donors (Lipinski definition) is 1. The number of esters is 2. The number of furan rings is 2. The van der Waals surface area contributed by atoms with Crippen molar-refractivity contribution in [3.63, 3.8) is 0 Å². The number of halogens is 2. The molecule has 2 heterocycles. The molecule has 0 aliphatic carbocycles. The number of aromatic hydroxyl groups is 1. The first kappa shape index (κ1) is 46.2. The van der Waals surface area contributed by atoms with Gasteiger partial charge in [-0.05, 0) is 137 Å². The zero-order valence-corrected chi connectivity index (χ0v) is 35.9. The average molecular weight is 917 g/mol. The fourth-order valence-electron chi connectivity index (χ4n) is 6.71. The molecular weight excluding hydrogens is 879 g/mol. The van der Waals surface area contributed by atoms with E-state index in [0.29, 0.717) is 39.5 Å². The first-order valence-corrected chi connectivity index (χ1v) is 20.4. The van der Waals surface area contributed by atoms with E-state index in [1.807, 2.05) is 0 Å². The summed E-state index contributed by atoms with van der Waals surface area (Å²) in [6.45, 7) is 7.06. The van der Waals surface area contributed by atoms with E-state index in [9.17, 15) is 43.7 Å². The van der Waals surface area contributed by atoms with Gasteiger partial charge in [0.05, 0.1) is 41.3 Å². The van der Waals surface area contributed by atoms with Crippen molar-refractivity contribution in [1.82, 2.24) is 0 Å². The molecule has 0 atom stereocenters. The number of ether oxygens (including phenoxy) is 5. The number of nitro benzene ring substituents is 2. The Hall–Kier alpha value is -8.80. The molecule has 0 aliphatic heterocycles. The van der Waals surface area contributed by atoms with E-state index in [2.05, 4.69) is 0 Å². The molecule has 0 bridgehead atoms. The van der Waals surface area contributed by atoms with Crippen LogP contribution in [0.1, 0.15) is 48.4 Å². The van der Waals surface area contributed by atoms with Crippen LogP contribution in [0.15, 0.2) is 130 Å². The van der Waals surface area contributed by atoms with Crippen LogP contribution in [-0.2, 0) is 9.47 Å². The van der Waals surface area contributed by atoms with Gasteiger partial charge in [-0.25, -0.2) is 18.4 Å². The molecular formula is C49H38F2N2O14. The van der Waals surface area contributed by atoms with E-state index in [-0.39, 0.29) is 81.6 Å². The fraction of sp³-hybridized carbons (Fsp3) is 0.143. The lowest BCUT2D eigenvalue weighted by Gasteiger charge is -2.10. The van der Waals surface area contributed by atoms with Crippen LogP contribution in [0, 0.1) is 31.9 Å². The van der Waals surface area contributed by atoms with Crippen molar-refractivity contribution >= 4 is 45.3 Å². The Bertz CT molecular complexity index is 3110. The van der Waals surface area contributed by atoms with E-state index in [0.717, 1.165) is 12.1 Å². The van der Waals surface area contributed by atoms with Gasteiger partial charge in [-0.2, -0.15) is 0 Å². The zero-order valence-electron chi connectivity index (χ0n) is 35.9. The number of phenolic OH excluding ortho intramolecular Hbond substituents is 1. The standard InChI is InChI=1S/C26H22FNO7.C23H16FNO7/c1-4-32-26(29)24-20-13-23(33-15(2)3)21(28(30)31)14-22(20)35-25(24)16-5-9-18(10-6-16)34-19-11-7-17(27)8-12-19;1-2-30-23(27)21-17-11-19(26)18(25(28)29)12-20(17)32-22(21)13-3-7-15(8-4-13)31-16-9-5-14(24)6-10-16/h5-15H,4H2,1-3H3;3-12,26H,2H2,1H3. The summed E-state index contributed by atoms with van der Waals surface area (Å²) in [5, 5.41) is 33.3. The summed E-state index contributed by atoms with van der Waals surface area (Å²) in [5.74, 6) is -0.464. The third-order valence-corrected chi connectivity index (χ3v) is 9.60. The second kappa shape index (κ2) is 19.9. The van der Waals surface area contributed by atoms with Crippen molar-refractivity contribution < 1.29 is 65.8 Å². The number of nitro groups is 2. The predicted molar refractivity (Wildman–Crippen MR) is 239 cm³/mol. The van der Waals surface area contributed by atoms with Crippen LogP contribution in [0.5, 0.6) is 34.5 Å². The fourth-order valence-corrected chi connectivity index (χ4v) is 6.71. The molecule has 0 radical (unpaired) electrons. The molecule has 2 aromatic heterocycles. The summed E-state index contributed by atoms with van der Waals surface area (Å²) in [5.41, 5.74) is 0.581. The smallest absolute Gasteiger partial charge is 0.342 e. The van der Waals surface area contributed by atoms with Gasteiger partial charge in [0.15, 0.2) is 11.5 Å². The molecule has 16 nitrogen and oxygen atoms in total. The van der Waals surface area contributed by atoms with Crippen LogP contribution in [0.25, 0.3) is 44.6 Å². The van der Waals surface area contributed by atoms with Gasteiger partial charge in [0, 0.05) is 21.9 Å². The summed E-state index contributed by atoms with van der Waals surface area (Å²) in [4.78, 5) is 47.0. The number of rotatable bonds is 14. The van der Waals surface area contributed by atoms with Gasteiger partial charge in [0.2, 0.25) is 0 Å². The summed E-state index contributed by atoms with van der Waals surface area (Å²) < 4.78 is 65.2. The molecule has 0 unspecified atom stereocenters. The molecule has 67 heavy (non-hydrogen) atoms. The monoisotopic (exact) mass is 916 g/mol. The van der Waals surface area contributed by atoms with Crippen LogP contribution in [0.4, 0.5) is 20.2 Å². The number of phenols is 1. The van der Waals surface area contributed by atoms with Crippen molar-refractivity contribution in [2.45, 2.75) is 33.8 Å². The van der Waals surface area contributed by atoms with Crippen molar-refractivity contribution in [3.8, 4) is 57.1 Å². The van der Waals surface area contributed by atoms with Crippen molar-refractivity contribution in [3.05, 3.63) is 164 Å². The Morgan fingerprint density at radius 1 is 0.597 bits per heavy atom. The Kier molecular flexibility index (Phi) is 13.7. The van der Waals surface area contributed by atoms with Crippen LogP contribution < -0.4 is 14.2 Å². The summed E-state index contributed by atoms with van der Waals surface area (Å²) >= 11 is 0. The minimum Gasteiger partial charge on any atom is -0.502 e. The third kappa shape index (κ3) is 10.4. The predicted octanol–water partition coefficient (Wildman–Crippen LogP) is 12.7. The first-order valence-electron chi connectivity index (χ1n) is 20.4. The van der Waals surface area contributed by atoms with Gasteiger partial charge >= 0.3 is 23.3 Å². The van der Waals surface area contributed by atoms with Gasteiger partial charge in [0.1, 0.15) is 68.4 Å². The second-order valence-corrected chi connectivity index (χ2v) is 14.5. The Labute approximate surface area is 378 Å². The van der Waals surface area contributed by atoms with E-state index in [1.165, 1.54) is 60.7 Å². The Balaban J connectivity index is 0.000000200. The topological polar surface area (TPSA) is 213 Å². The third-order valence-electron chi connectivity index (χ3n) is 9.60. The second-order valence-electron chi connectivity index (χ2n) is 14.5. The number of carbonyl (C=O) groups is 2. The molecule has 8 rings (SSSR count). The van der Waals surface area contributed by atoms with Crippen LogP contribution in [0.2, 0.25) is 0 Å². The van der Waals surface area contributed by atoms with E-state index >= 15 is 0 Å². The number of benzene rings is 6. The normalized spacial score (nSPS) is 10.9. The van der Waals surface area contributed by atoms with Gasteiger partial charge in [-0.1, -0.05) is 0 Å². The van der Waals surface area contributed by atoms with Crippen LogP contribution >= 0.6 is 0 Å². The highest BCUT2D eigenvalue weighted by Crippen LogP contribution is 2.42. The molecule has 1 N–H and O–H groups in total. The lowest BCUT2D eigenvalue weighted by atomic mass is 10.0. The van der Waals surface area contributed by atoms with E-state index in [4.69, 9.17) is 32.5 Å². The van der Waals surface area contributed by atoms with Gasteiger partial charge in [-0.3, -0.25) is 20.2 Å². The van der Waals surface area contributed by atoms with Crippen molar-refractivity contribution in [1.29, 1.82) is 0 Å². The maximum Gasteiger partial charge on any atom is 0.342 e. The summed E-state index contributed by atoms with van der Waals surface area (Å²) in [6, 6.07) is 29.2. The maximum absolute atomic E-state index is 13.1. The van der Waals surface area contributed by atoms with Crippen molar-refractivity contribution in [2.24, 2.45) is 0 Å². The van der Waals surface area contributed by atoms with Crippen LogP contribution in [-0.4, -0.2) is 46.2 Å². The largest absolute Gasteiger partial charge is 0.502 e. The molecule has 18 heteroatoms. The van der Waals surface area contributed by atoms with E-state index < -0.39 is 33.2 Å². The molecule has 0 spiro atoms. The van der Waals surface area contributed by atoms with E-state index in [1.54, 1.807) is 76.2 Å². The SMILES string of the molecule is CCOC(=O)c1c(-c2ccc(Oc3ccc(F)cc3)cc2)oc2cc([N+](=O)[O-])c(O)cc12.CCOC(=O)c1c(-c2ccc(Oc3ccc(F)cc3)cc2)oc2cc([N+](=O)[O-])c(OC(C)C)cc12. The first-order chi connectivity index (χ1) is 32.1. The highest BCUT2D eigenvalue weighted by molar-refractivity contribution is 6.10. The van der Waals surface area contributed by atoms with Crippen molar-refractivity contribution in [2.75, 3.05) is 13.2 Å².